The summed E-state index contributed by atoms with van der Waals surface area (Å²) in [6.45, 7) is 0.171. The van der Waals surface area contributed by atoms with Crippen molar-refractivity contribution in [2.75, 3.05) is 12.3 Å². The van der Waals surface area contributed by atoms with Gasteiger partial charge in [0.2, 0.25) is 0 Å². The van der Waals surface area contributed by atoms with E-state index in [9.17, 15) is 9.59 Å². The van der Waals surface area contributed by atoms with Crippen molar-refractivity contribution in [3.63, 3.8) is 0 Å². The predicted molar refractivity (Wildman–Crippen MR) is 75.7 cm³/mol. The van der Waals surface area contributed by atoms with Crippen LogP contribution in [0.1, 0.15) is 23.2 Å². The third kappa shape index (κ3) is 2.20. The van der Waals surface area contributed by atoms with E-state index < -0.39 is 11.4 Å². The van der Waals surface area contributed by atoms with Crippen molar-refractivity contribution in [2.24, 2.45) is 5.41 Å². The van der Waals surface area contributed by atoms with Crippen molar-refractivity contribution in [3.05, 3.63) is 23.8 Å². The van der Waals surface area contributed by atoms with E-state index >= 15 is 0 Å². The van der Waals surface area contributed by atoms with Crippen LogP contribution in [0.5, 0.6) is 0 Å². The van der Waals surface area contributed by atoms with Gasteiger partial charge in [0, 0.05) is 12.1 Å². The molecule has 0 radical (unpaired) electrons. The molecule has 0 unspecified atom stereocenters. The monoisotopic (exact) mass is 291 g/mol. The zero-order chi connectivity index (χ0) is 14.3. The van der Waals surface area contributed by atoms with Crippen LogP contribution in [0.15, 0.2) is 18.2 Å². The molecule has 1 aromatic heterocycles. The van der Waals surface area contributed by atoms with Gasteiger partial charge in [0.25, 0.3) is 5.91 Å². The minimum atomic E-state index is -0.844. The number of nitrogens with one attached hydrogen (secondary N) is 1. The molecule has 7 heteroatoms. The molecule has 1 aliphatic carbocycles. The summed E-state index contributed by atoms with van der Waals surface area (Å²) in [7, 11) is 0. The van der Waals surface area contributed by atoms with Gasteiger partial charge in [0.1, 0.15) is 0 Å². The Hall–Kier alpha value is -2.15. The van der Waals surface area contributed by atoms with Gasteiger partial charge in [-0.2, -0.15) is 0 Å². The number of aromatic nitrogens is 1. The lowest BCUT2D eigenvalue weighted by molar-refractivity contribution is -0.143. The fourth-order valence-corrected chi connectivity index (χ4v) is 2.83. The highest BCUT2D eigenvalue weighted by molar-refractivity contribution is 7.22. The number of anilines is 1. The number of carbonyl (C=O) groups is 2. The third-order valence-electron chi connectivity index (χ3n) is 3.56. The Kier molecular flexibility index (Phi) is 2.86. The molecule has 20 heavy (non-hydrogen) atoms. The number of nitrogen functional groups attached to an aromatic ring is 1. The molecule has 0 saturated heterocycles. The van der Waals surface area contributed by atoms with Crippen LogP contribution in [-0.4, -0.2) is 28.5 Å². The molecule has 0 bridgehead atoms. The van der Waals surface area contributed by atoms with Gasteiger partial charge in [-0.15, -0.1) is 0 Å². The normalized spacial score (nSPS) is 16.0. The van der Waals surface area contributed by atoms with Crippen molar-refractivity contribution in [1.29, 1.82) is 0 Å². The Morgan fingerprint density at radius 2 is 2.20 bits per heavy atom. The molecule has 0 aliphatic heterocycles. The summed E-state index contributed by atoms with van der Waals surface area (Å²) in [6.07, 6.45) is 1.24. The minimum Gasteiger partial charge on any atom is -0.481 e. The number of hydrogen-bond donors (Lipinski definition) is 3. The number of carboxylic acids is 1. The van der Waals surface area contributed by atoms with Crippen molar-refractivity contribution < 1.29 is 14.7 Å². The number of benzene rings is 1. The second-order valence-electron chi connectivity index (χ2n) is 5.00. The average molecular weight is 291 g/mol. The molecule has 3 rings (SSSR count). The maximum atomic E-state index is 12.0. The Morgan fingerprint density at radius 3 is 2.85 bits per heavy atom. The number of carbonyl (C=O) groups excluding carboxylic acids is 1. The van der Waals surface area contributed by atoms with Crippen molar-refractivity contribution in [2.45, 2.75) is 12.8 Å². The number of nitrogens with zero attached hydrogens (tertiary/aromatic N) is 1. The zero-order valence-electron chi connectivity index (χ0n) is 10.5. The number of amides is 1. The lowest BCUT2D eigenvalue weighted by Crippen LogP contribution is -2.34. The molecule has 4 N–H and O–H groups in total. The van der Waals surface area contributed by atoms with E-state index in [-0.39, 0.29) is 12.5 Å². The Labute approximate surface area is 118 Å². The van der Waals surface area contributed by atoms with Gasteiger partial charge in [-0.3, -0.25) is 9.59 Å². The van der Waals surface area contributed by atoms with Crippen LogP contribution in [0.2, 0.25) is 0 Å². The van der Waals surface area contributed by atoms with Gasteiger partial charge < -0.3 is 16.2 Å². The Balaban J connectivity index is 1.74. The number of rotatable bonds is 4. The van der Waals surface area contributed by atoms with Gasteiger partial charge >= 0.3 is 5.97 Å². The molecule has 0 atom stereocenters. The van der Waals surface area contributed by atoms with E-state index in [2.05, 4.69) is 10.3 Å². The van der Waals surface area contributed by atoms with Crippen molar-refractivity contribution >= 4 is 38.6 Å². The lowest BCUT2D eigenvalue weighted by atomic mass is 10.1. The maximum absolute atomic E-state index is 12.0. The van der Waals surface area contributed by atoms with Crippen LogP contribution >= 0.6 is 11.3 Å². The number of carboxylic acid groups (broad SMARTS) is 1. The molecule has 0 spiro atoms. The summed E-state index contributed by atoms with van der Waals surface area (Å²) in [4.78, 5) is 27.2. The van der Waals surface area contributed by atoms with E-state index in [1.54, 1.807) is 18.2 Å². The molecule has 1 saturated carbocycles. The summed E-state index contributed by atoms with van der Waals surface area (Å²) in [5, 5.41) is 12.2. The number of nitrogens with two attached hydrogens (primary N) is 1. The molecule has 1 fully saturated rings. The second-order valence-corrected chi connectivity index (χ2v) is 6.06. The molecule has 104 valence electrons. The molecular formula is C13H13N3O3S. The molecule has 1 amide bonds. The first-order chi connectivity index (χ1) is 9.50. The van der Waals surface area contributed by atoms with Crippen LogP contribution in [0.25, 0.3) is 10.2 Å². The zero-order valence-corrected chi connectivity index (χ0v) is 11.4. The molecule has 1 aromatic carbocycles. The number of fused-ring (bicyclic) bond motifs is 1. The topological polar surface area (TPSA) is 105 Å². The Morgan fingerprint density at radius 1 is 1.45 bits per heavy atom. The van der Waals surface area contributed by atoms with E-state index in [4.69, 9.17) is 10.8 Å². The van der Waals surface area contributed by atoms with Crippen LogP contribution in [-0.2, 0) is 4.79 Å². The lowest BCUT2D eigenvalue weighted by Gasteiger charge is -2.11. The fourth-order valence-electron chi connectivity index (χ4n) is 2.05. The predicted octanol–water partition coefficient (Wildman–Crippen LogP) is 1.47. The molecule has 1 aliphatic rings. The summed E-state index contributed by atoms with van der Waals surface area (Å²) < 4.78 is 0.842. The van der Waals surface area contributed by atoms with E-state index in [1.807, 2.05) is 0 Å². The molecule has 2 aromatic rings. The number of hydrogen-bond acceptors (Lipinski definition) is 5. The van der Waals surface area contributed by atoms with Crippen LogP contribution in [0.4, 0.5) is 5.13 Å². The molecular weight excluding hydrogens is 278 g/mol. The summed E-state index contributed by atoms with van der Waals surface area (Å²) in [5.74, 6) is -1.12. The summed E-state index contributed by atoms with van der Waals surface area (Å²) in [6, 6.07) is 5.12. The van der Waals surface area contributed by atoms with Gasteiger partial charge in [-0.05, 0) is 31.0 Å². The fraction of sp³-hybridized carbons (Fsp3) is 0.308. The second kappa shape index (κ2) is 4.45. The number of aliphatic carboxylic acids is 1. The van der Waals surface area contributed by atoms with Gasteiger partial charge in [-0.25, -0.2) is 4.98 Å². The van der Waals surface area contributed by atoms with Gasteiger partial charge in [0.15, 0.2) is 5.13 Å². The highest BCUT2D eigenvalue weighted by atomic mass is 32.1. The third-order valence-corrected chi connectivity index (χ3v) is 4.41. The van der Waals surface area contributed by atoms with E-state index in [0.717, 1.165) is 10.2 Å². The van der Waals surface area contributed by atoms with Crippen LogP contribution in [0, 0.1) is 5.41 Å². The van der Waals surface area contributed by atoms with Gasteiger partial charge in [0.05, 0.1) is 15.6 Å². The summed E-state index contributed by atoms with van der Waals surface area (Å²) in [5.41, 5.74) is 6.11. The van der Waals surface area contributed by atoms with Crippen LogP contribution in [0.3, 0.4) is 0 Å². The highest BCUT2D eigenvalue weighted by Crippen LogP contribution is 2.45. The first-order valence-corrected chi connectivity index (χ1v) is 6.99. The first kappa shape index (κ1) is 12.9. The van der Waals surface area contributed by atoms with E-state index in [0.29, 0.717) is 23.5 Å². The highest BCUT2D eigenvalue weighted by Gasteiger charge is 2.50. The quantitative estimate of drug-likeness (QED) is 0.791. The first-order valence-electron chi connectivity index (χ1n) is 6.18. The molecule has 6 nitrogen and oxygen atoms in total. The molecule has 1 heterocycles. The van der Waals surface area contributed by atoms with Gasteiger partial charge in [-0.1, -0.05) is 11.3 Å². The minimum absolute atomic E-state index is 0.171. The number of thiazole rings is 1. The average Bonchev–Trinajstić information content (AvgIpc) is 3.11. The van der Waals surface area contributed by atoms with E-state index in [1.165, 1.54) is 11.3 Å². The summed E-state index contributed by atoms with van der Waals surface area (Å²) >= 11 is 1.32. The Bertz CT molecular complexity index is 706. The smallest absolute Gasteiger partial charge is 0.311 e. The van der Waals surface area contributed by atoms with Crippen molar-refractivity contribution in [1.82, 2.24) is 10.3 Å². The van der Waals surface area contributed by atoms with Crippen LogP contribution < -0.4 is 11.1 Å². The van der Waals surface area contributed by atoms with Crippen molar-refractivity contribution in [3.8, 4) is 0 Å². The SMILES string of the molecule is Nc1nc2ccc(C(=O)NCC3(C(=O)O)CC3)cc2s1. The maximum Gasteiger partial charge on any atom is 0.311 e. The standard InChI is InChI=1S/C13H13N3O3S/c14-12-16-8-2-1-7(5-9(8)20-12)10(17)15-6-13(3-4-13)11(18)19/h1-2,5H,3-4,6H2,(H2,14,16)(H,15,17)(H,18,19). The largest absolute Gasteiger partial charge is 0.481 e.